The molecule has 0 saturated carbocycles. The molecule has 37 heavy (non-hydrogen) atoms. The van der Waals surface area contributed by atoms with E-state index in [0.717, 1.165) is 40.8 Å². The first-order chi connectivity index (χ1) is 18.0. The smallest absolute Gasteiger partial charge is 0.310 e. The molecule has 1 saturated heterocycles. The number of hydrogen-bond donors (Lipinski definition) is 0. The van der Waals surface area contributed by atoms with Crippen LogP contribution in [0.5, 0.6) is 0 Å². The number of carbonyl (C=O) groups excluding carboxylic acids is 2. The maximum atomic E-state index is 14.3. The molecule has 1 aliphatic rings. The number of esters is 1. The number of aromatic nitrogens is 2. The molecule has 2 heterocycles. The monoisotopic (exact) mass is 515 g/mol. The number of fused-ring (bicyclic) bond motifs is 1. The summed E-state index contributed by atoms with van der Waals surface area (Å²) in [4.78, 5) is 33.6. The minimum absolute atomic E-state index is 0.0457. The lowest BCUT2D eigenvalue weighted by atomic mass is 9.96. The number of ether oxygens (including phenoxy) is 1. The van der Waals surface area contributed by atoms with E-state index >= 15 is 0 Å². The van der Waals surface area contributed by atoms with Crippen molar-refractivity contribution in [3.63, 3.8) is 0 Å². The number of likely N-dealkylation sites (tertiary alicyclic amines) is 1. The summed E-state index contributed by atoms with van der Waals surface area (Å²) >= 11 is 6.28. The number of rotatable bonds is 7. The molecule has 4 aromatic rings. The average Bonchev–Trinajstić information content (AvgIpc) is 3.27. The van der Waals surface area contributed by atoms with Gasteiger partial charge in [0, 0.05) is 24.5 Å². The number of amides is 1. The Hall–Kier alpha value is -3.64. The van der Waals surface area contributed by atoms with Crippen molar-refractivity contribution in [2.75, 3.05) is 19.7 Å². The second kappa shape index (κ2) is 11.2. The van der Waals surface area contributed by atoms with Gasteiger partial charge in [0.2, 0.25) is 5.91 Å². The van der Waals surface area contributed by atoms with Crippen LogP contribution in [0.1, 0.15) is 42.8 Å². The molecule has 190 valence electrons. The molecule has 6 nitrogen and oxygen atoms in total. The third-order valence-corrected chi connectivity index (χ3v) is 7.12. The van der Waals surface area contributed by atoms with Gasteiger partial charge in [-0.3, -0.25) is 9.59 Å². The van der Waals surface area contributed by atoms with Gasteiger partial charge in [0.1, 0.15) is 11.9 Å². The lowest BCUT2D eigenvalue weighted by Gasteiger charge is -2.35. The van der Waals surface area contributed by atoms with E-state index in [0.29, 0.717) is 31.1 Å². The van der Waals surface area contributed by atoms with E-state index in [2.05, 4.69) is 4.57 Å². The fraction of sp³-hybridized carbons (Fsp3) is 0.300. The Morgan fingerprint density at radius 1 is 1.05 bits per heavy atom. The highest BCUT2D eigenvalue weighted by Crippen LogP contribution is 2.31. The second-order valence-corrected chi connectivity index (χ2v) is 9.82. The van der Waals surface area contributed by atoms with Crippen molar-refractivity contribution in [1.82, 2.24) is 14.5 Å². The summed E-state index contributed by atoms with van der Waals surface area (Å²) < 4.78 is 7.33. The molecule has 0 bridgehead atoms. The average molecular weight is 516 g/mol. The predicted octanol–water partition coefficient (Wildman–Crippen LogP) is 5.67. The molecule has 2 unspecified atom stereocenters. The van der Waals surface area contributed by atoms with Gasteiger partial charge in [-0.15, -0.1) is 0 Å². The number of para-hydroxylation sites is 2. The number of imidazole rings is 1. The molecule has 0 N–H and O–H groups in total. The molecule has 7 heteroatoms. The van der Waals surface area contributed by atoms with Crippen LogP contribution < -0.4 is 0 Å². The molecule has 1 aliphatic heterocycles. The number of carbonyl (C=O) groups is 2. The molecular weight excluding hydrogens is 486 g/mol. The van der Waals surface area contributed by atoms with Crippen LogP contribution in [0.2, 0.25) is 5.02 Å². The van der Waals surface area contributed by atoms with E-state index in [1.807, 2.05) is 83.8 Å². The molecule has 1 amide bonds. The Balaban J connectivity index is 1.59. The van der Waals surface area contributed by atoms with Crippen LogP contribution in [-0.4, -0.2) is 46.0 Å². The van der Waals surface area contributed by atoms with Gasteiger partial charge in [0.15, 0.2) is 0 Å². The van der Waals surface area contributed by atoms with Crippen molar-refractivity contribution >= 4 is 34.5 Å². The topological polar surface area (TPSA) is 64.4 Å². The molecule has 1 aromatic heterocycles. The van der Waals surface area contributed by atoms with Gasteiger partial charge in [0.05, 0.1) is 23.6 Å². The van der Waals surface area contributed by atoms with Gasteiger partial charge in [-0.1, -0.05) is 66.2 Å². The summed E-state index contributed by atoms with van der Waals surface area (Å²) in [6.45, 7) is 3.11. The molecule has 2 atom stereocenters. The predicted molar refractivity (Wildman–Crippen MR) is 145 cm³/mol. The molecule has 0 spiro atoms. The lowest BCUT2D eigenvalue weighted by Crippen LogP contribution is -2.46. The SMILES string of the molecule is CCOC(=O)C1CCCN(C(=O)C(c2ccccc2)n2c(Cc3cccc(Cl)c3)nc3ccccc32)C1. The summed E-state index contributed by atoms with van der Waals surface area (Å²) in [5, 5.41) is 0.661. The third-order valence-electron chi connectivity index (χ3n) is 6.88. The van der Waals surface area contributed by atoms with Gasteiger partial charge in [-0.25, -0.2) is 4.98 Å². The molecule has 0 aliphatic carbocycles. The number of nitrogens with zero attached hydrogens (tertiary/aromatic N) is 3. The first-order valence-corrected chi connectivity index (χ1v) is 13.1. The zero-order chi connectivity index (χ0) is 25.8. The first-order valence-electron chi connectivity index (χ1n) is 12.8. The Morgan fingerprint density at radius 2 is 1.84 bits per heavy atom. The maximum Gasteiger partial charge on any atom is 0.310 e. The highest BCUT2D eigenvalue weighted by Gasteiger charge is 2.35. The number of halogens is 1. The summed E-state index contributed by atoms with van der Waals surface area (Å²) in [5.74, 6) is 0.200. The van der Waals surface area contributed by atoms with Crippen molar-refractivity contribution in [3.8, 4) is 0 Å². The molecule has 0 radical (unpaired) electrons. The Labute approximate surface area is 221 Å². The summed E-state index contributed by atoms with van der Waals surface area (Å²) in [5.41, 5.74) is 3.61. The second-order valence-electron chi connectivity index (χ2n) is 9.38. The van der Waals surface area contributed by atoms with E-state index in [-0.39, 0.29) is 17.8 Å². The zero-order valence-corrected chi connectivity index (χ0v) is 21.6. The highest BCUT2D eigenvalue weighted by molar-refractivity contribution is 6.30. The maximum absolute atomic E-state index is 14.3. The minimum Gasteiger partial charge on any atom is -0.466 e. The van der Waals surface area contributed by atoms with E-state index in [4.69, 9.17) is 21.3 Å². The normalized spacial score (nSPS) is 16.5. The van der Waals surface area contributed by atoms with E-state index in [9.17, 15) is 9.59 Å². The summed E-state index contributed by atoms with van der Waals surface area (Å²) in [6.07, 6.45) is 2.01. The molecule has 3 aromatic carbocycles. The van der Waals surface area contributed by atoms with E-state index in [1.54, 1.807) is 6.92 Å². The van der Waals surface area contributed by atoms with Gasteiger partial charge >= 0.3 is 5.97 Å². The lowest BCUT2D eigenvalue weighted by molar-refractivity contribution is -0.151. The number of hydrogen-bond acceptors (Lipinski definition) is 4. The third kappa shape index (κ3) is 5.39. The van der Waals surface area contributed by atoms with Gasteiger partial charge < -0.3 is 14.2 Å². The van der Waals surface area contributed by atoms with Gasteiger partial charge in [0.25, 0.3) is 0 Å². The highest BCUT2D eigenvalue weighted by atomic mass is 35.5. The Kier molecular flexibility index (Phi) is 7.56. The van der Waals surface area contributed by atoms with Crippen molar-refractivity contribution in [1.29, 1.82) is 0 Å². The van der Waals surface area contributed by atoms with Crippen LogP contribution in [0.25, 0.3) is 11.0 Å². The molecule has 1 fully saturated rings. The van der Waals surface area contributed by atoms with Crippen molar-refractivity contribution in [2.24, 2.45) is 5.92 Å². The van der Waals surface area contributed by atoms with E-state index in [1.165, 1.54) is 0 Å². The van der Waals surface area contributed by atoms with Crippen molar-refractivity contribution in [2.45, 2.75) is 32.2 Å². The van der Waals surface area contributed by atoms with Crippen LogP contribution in [0, 0.1) is 5.92 Å². The minimum atomic E-state index is -0.622. The van der Waals surface area contributed by atoms with E-state index < -0.39 is 6.04 Å². The largest absolute Gasteiger partial charge is 0.466 e. The van der Waals surface area contributed by atoms with Crippen LogP contribution in [0.3, 0.4) is 0 Å². The number of benzene rings is 3. The summed E-state index contributed by atoms with van der Waals surface area (Å²) in [6, 6.07) is 24.8. The molecule has 5 rings (SSSR count). The Bertz CT molecular complexity index is 1400. The van der Waals surface area contributed by atoms with Crippen LogP contribution in [-0.2, 0) is 20.7 Å². The quantitative estimate of drug-likeness (QED) is 0.297. The van der Waals surface area contributed by atoms with Crippen LogP contribution in [0.4, 0.5) is 0 Å². The fourth-order valence-corrected chi connectivity index (χ4v) is 5.39. The fourth-order valence-electron chi connectivity index (χ4n) is 5.18. The zero-order valence-electron chi connectivity index (χ0n) is 20.8. The van der Waals surface area contributed by atoms with Crippen molar-refractivity contribution in [3.05, 3.63) is 101 Å². The van der Waals surface area contributed by atoms with Crippen LogP contribution >= 0.6 is 11.6 Å². The van der Waals surface area contributed by atoms with Crippen LogP contribution in [0.15, 0.2) is 78.9 Å². The van der Waals surface area contributed by atoms with Gasteiger partial charge in [-0.2, -0.15) is 0 Å². The standard InChI is InChI=1S/C30H30ClN3O3/c1-2-37-30(36)23-13-9-17-33(20-23)29(35)28(22-11-4-3-5-12-22)34-26-16-7-6-15-25(26)32-27(34)19-21-10-8-14-24(31)18-21/h3-8,10-12,14-16,18,23,28H,2,9,13,17,19-20H2,1H3. The summed E-state index contributed by atoms with van der Waals surface area (Å²) in [7, 11) is 0. The Morgan fingerprint density at radius 3 is 2.62 bits per heavy atom. The number of piperidine rings is 1. The van der Waals surface area contributed by atoms with Gasteiger partial charge in [-0.05, 0) is 55.2 Å². The molecular formula is C30H30ClN3O3. The first kappa shape index (κ1) is 25.0. The van der Waals surface area contributed by atoms with Crippen molar-refractivity contribution < 1.29 is 14.3 Å².